The van der Waals surface area contributed by atoms with Crippen molar-refractivity contribution >= 4 is 34.6 Å². The summed E-state index contributed by atoms with van der Waals surface area (Å²) in [7, 11) is 0. The third kappa shape index (κ3) is 5.47. The maximum Gasteiger partial charge on any atom is 0.433 e. The molecule has 0 amide bonds. The monoisotopic (exact) mass is 594 g/mol. The lowest BCUT2D eigenvalue weighted by Gasteiger charge is -2.20. The van der Waals surface area contributed by atoms with E-state index in [1.807, 2.05) is 0 Å². The number of hydrogen-bond acceptors (Lipinski definition) is 8. The Morgan fingerprint density at radius 1 is 0.525 bits per heavy atom. The molecular formula is C26H20F6N6S2. The summed E-state index contributed by atoms with van der Waals surface area (Å²) in [5.41, 5.74) is -0.0602. The molecule has 0 saturated heterocycles. The lowest BCUT2D eigenvalue weighted by atomic mass is 9.94. The lowest BCUT2D eigenvalue weighted by molar-refractivity contribution is -0.143. The molecule has 1 aromatic carbocycles. The minimum absolute atomic E-state index is 0.115. The van der Waals surface area contributed by atoms with Crippen molar-refractivity contribution in [2.24, 2.45) is 0 Å². The van der Waals surface area contributed by atoms with Gasteiger partial charge in [-0.25, -0.2) is 29.9 Å². The second-order valence-electron chi connectivity index (χ2n) is 9.50. The van der Waals surface area contributed by atoms with Crippen LogP contribution in [0.3, 0.4) is 0 Å². The molecule has 3 aromatic heterocycles. The van der Waals surface area contributed by atoms with E-state index in [1.165, 1.54) is 0 Å². The van der Waals surface area contributed by atoms with Crippen LogP contribution in [0.1, 0.15) is 59.6 Å². The third-order valence-corrected chi connectivity index (χ3v) is 8.56. The van der Waals surface area contributed by atoms with Gasteiger partial charge >= 0.3 is 12.4 Å². The van der Waals surface area contributed by atoms with Gasteiger partial charge in [0.05, 0.1) is 11.0 Å². The van der Waals surface area contributed by atoms with Crippen molar-refractivity contribution in [1.29, 1.82) is 0 Å². The van der Waals surface area contributed by atoms with Crippen molar-refractivity contribution in [2.45, 2.75) is 84.1 Å². The molecule has 0 bridgehead atoms. The molecule has 0 saturated carbocycles. The standard InChI is InChI=1S/C26H20F6N6S2/c27-25(28,29)19-13-7-1-3-9-15(13)35-23(37-19)39-21-22(34-18-12-6-5-11-17(18)33-21)40-24-36-16-10-4-2-8-14(16)20(38-24)26(30,31)32/h5-6,11-12H,1-4,7-10H2. The van der Waals surface area contributed by atoms with E-state index in [9.17, 15) is 26.3 Å². The van der Waals surface area contributed by atoms with Crippen LogP contribution in [0.4, 0.5) is 26.3 Å². The second-order valence-corrected chi connectivity index (χ2v) is 11.4. The van der Waals surface area contributed by atoms with Gasteiger partial charge in [-0.2, -0.15) is 26.3 Å². The third-order valence-electron chi connectivity index (χ3n) is 6.75. The number of nitrogens with zero attached hydrogens (tertiary/aromatic N) is 6. The summed E-state index contributed by atoms with van der Waals surface area (Å²) in [6, 6.07) is 6.84. The maximum absolute atomic E-state index is 13.9. The van der Waals surface area contributed by atoms with Gasteiger partial charge in [0.15, 0.2) is 21.7 Å². The van der Waals surface area contributed by atoms with Crippen LogP contribution in [0.15, 0.2) is 44.6 Å². The Balaban J connectivity index is 1.44. The Kier molecular flexibility index (Phi) is 7.09. The van der Waals surface area contributed by atoms with E-state index in [2.05, 4.69) is 29.9 Å². The Bertz CT molecular complexity index is 1490. The topological polar surface area (TPSA) is 77.3 Å². The molecule has 208 valence electrons. The van der Waals surface area contributed by atoms with Crippen LogP contribution < -0.4 is 0 Å². The highest BCUT2D eigenvalue weighted by atomic mass is 32.2. The maximum atomic E-state index is 13.9. The molecule has 0 N–H and O–H groups in total. The minimum atomic E-state index is -4.66. The number of benzene rings is 1. The smallest absolute Gasteiger partial charge is 0.236 e. The molecule has 0 aliphatic heterocycles. The predicted molar refractivity (Wildman–Crippen MR) is 135 cm³/mol. The summed E-state index contributed by atoms with van der Waals surface area (Å²) in [6.45, 7) is 0. The van der Waals surface area contributed by atoms with Gasteiger partial charge < -0.3 is 0 Å². The van der Waals surface area contributed by atoms with Crippen LogP contribution >= 0.6 is 23.5 Å². The zero-order valence-electron chi connectivity index (χ0n) is 20.7. The first-order chi connectivity index (χ1) is 19.1. The number of rotatable bonds is 4. The number of alkyl halides is 6. The van der Waals surface area contributed by atoms with Crippen LogP contribution in [0.5, 0.6) is 0 Å². The molecule has 14 heteroatoms. The molecule has 3 heterocycles. The predicted octanol–water partition coefficient (Wildman–Crippen LogP) is 7.31. The van der Waals surface area contributed by atoms with E-state index < -0.39 is 23.7 Å². The molecule has 0 atom stereocenters. The number of halogens is 6. The summed E-state index contributed by atoms with van der Waals surface area (Å²) < 4.78 is 83.4. The molecule has 6 nitrogen and oxygen atoms in total. The average molecular weight is 595 g/mol. The number of hydrogen-bond donors (Lipinski definition) is 0. The molecule has 2 aliphatic carbocycles. The van der Waals surface area contributed by atoms with Gasteiger partial charge in [-0.15, -0.1) is 0 Å². The summed E-state index contributed by atoms with van der Waals surface area (Å²) in [5.74, 6) is 0. The molecule has 0 fully saturated rings. The normalized spacial score (nSPS) is 15.7. The first kappa shape index (κ1) is 27.2. The second kappa shape index (κ2) is 10.4. The number of aromatic nitrogens is 6. The minimum Gasteiger partial charge on any atom is -0.236 e. The Labute approximate surface area is 232 Å². The number of aryl methyl sites for hydroxylation is 2. The van der Waals surface area contributed by atoms with Crippen molar-refractivity contribution in [1.82, 2.24) is 29.9 Å². The van der Waals surface area contributed by atoms with Gasteiger partial charge in [-0.3, -0.25) is 0 Å². The molecule has 0 spiro atoms. The molecule has 40 heavy (non-hydrogen) atoms. The SMILES string of the molecule is FC(F)(F)c1nc(Sc2nc3ccccc3nc2Sc2nc3c(c(C(F)(F)F)n2)CCCC3)nc2c1CCCC2. The van der Waals surface area contributed by atoms with Crippen molar-refractivity contribution in [3.8, 4) is 0 Å². The Hall–Kier alpha value is -3.00. The van der Waals surface area contributed by atoms with Crippen molar-refractivity contribution < 1.29 is 26.3 Å². The molecule has 6 rings (SSSR count). The van der Waals surface area contributed by atoms with Gasteiger partial charge in [-0.05, 0) is 87.0 Å². The fourth-order valence-corrected chi connectivity index (χ4v) is 6.71. The summed E-state index contributed by atoms with van der Waals surface area (Å²) in [4.78, 5) is 25.7. The van der Waals surface area contributed by atoms with Gasteiger partial charge in [0.2, 0.25) is 0 Å². The van der Waals surface area contributed by atoms with E-state index in [-0.39, 0.29) is 44.3 Å². The van der Waals surface area contributed by atoms with Crippen molar-refractivity contribution in [2.75, 3.05) is 0 Å². The first-order valence-corrected chi connectivity index (χ1v) is 14.3. The fourth-order valence-electron chi connectivity index (χ4n) is 4.98. The van der Waals surface area contributed by atoms with Crippen molar-refractivity contribution in [3.05, 3.63) is 58.2 Å². The van der Waals surface area contributed by atoms with Crippen molar-refractivity contribution in [3.63, 3.8) is 0 Å². The molecule has 4 aromatic rings. The highest BCUT2D eigenvalue weighted by Gasteiger charge is 2.39. The summed E-state index contributed by atoms with van der Waals surface area (Å²) in [6.07, 6.45) is -5.29. The van der Waals surface area contributed by atoms with E-state index in [4.69, 9.17) is 0 Å². The largest absolute Gasteiger partial charge is 0.433 e. The van der Waals surface area contributed by atoms with Crippen LogP contribution in [0, 0.1) is 0 Å². The van der Waals surface area contributed by atoms with E-state index in [0.29, 0.717) is 48.1 Å². The quantitative estimate of drug-likeness (QED) is 0.180. The lowest BCUT2D eigenvalue weighted by Crippen LogP contribution is -2.19. The van der Waals surface area contributed by atoms with E-state index >= 15 is 0 Å². The van der Waals surface area contributed by atoms with E-state index in [0.717, 1.165) is 36.4 Å². The van der Waals surface area contributed by atoms with Gasteiger partial charge in [0.1, 0.15) is 10.1 Å². The van der Waals surface area contributed by atoms with Crippen LogP contribution in [0.25, 0.3) is 11.0 Å². The van der Waals surface area contributed by atoms with Crippen LogP contribution in [-0.4, -0.2) is 29.9 Å². The van der Waals surface area contributed by atoms with E-state index in [1.54, 1.807) is 24.3 Å². The molecule has 2 aliphatic rings. The fraction of sp³-hybridized carbons (Fsp3) is 0.385. The summed E-state index contributed by atoms with van der Waals surface area (Å²) >= 11 is 1.59. The zero-order valence-corrected chi connectivity index (χ0v) is 22.4. The first-order valence-electron chi connectivity index (χ1n) is 12.6. The van der Waals surface area contributed by atoms with Gasteiger partial charge in [0.25, 0.3) is 0 Å². The Morgan fingerprint density at radius 3 is 1.32 bits per heavy atom. The zero-order chi connectivity index (χ0) is 28.1. The highest BCUT2D eigenvalue weighted by molar-refractivity contribution is 8.02. The summed E-state index contributed by atoms with van der Waals surface area (Å²) in [5, 5.41) is 0.00779. The van der Waals surface area contributed by atoms with Gasteiger partial charge in [0, 0.05) is 22.5 Å². The van der Waals surface area contributed by atoms with Gasteiger partial charge in [-0.1, -0.05) is 12.1 Å². The van der Waals surface area contributed by atoms with Crippen LogP contribution in [0.2, 0.25) is 0 Å². The number of fused-ring (bicyclic) bond motifs is 3. The molecule has 0 radical (unpaired) electrons. The number of para-hydroxylation sites is 2. The Morgan fingerprint density at radius 2 is 0.925 bits per heavy atom. The average Bonchev–Trinajstić information content (AvgIpc) is 2.91. The highest BCUT2D eigenvalue weighted by Crippen LogP contribution is 2.41. The molecular weight excluding hydrogens is 574 g/mol. The van der Waals surface area contributed by atoms with Crippen LogP contribution in [-0.2, 0) is 38.0 Å². The molecule has 0 unspecified atom stereocenters.